The lowest BCUT2D eigenvalue weighted by Gasteiger charge is -2.38. The van der Waals surface area contributed by atoms with E-state index in [9.17, 15) is 0 Å². The van der Waals surface area contributed by atoms with Crippen LogP contribution in [0.25, 0.3) is 21.9 Å². The molecule has 0 spiro atoms. The third-order valence-corrected chi connectivity index (χ3v) is 5.07. The first-order valence-corrected chi connectivity index (χ1v) is 8.90. The number of hydrogen-bond acceptors (Lipinski definition) is 4. The van der Waals surface area contributed by atoms with Crippen molar-refractivity contribution in [2.24, 2.45) is 5.73 Å². The van der Waals surface area contributed by atoms with Crippen molar-refractivity contribution in [3.05, 3.63) is 66.2 Å². The van der Waals surface area contributed by atoms with Crippen molar-refractivity contribution in [1.82, 2.24) is 5.32 Å². The standard InChI is InChI=1S/C22H24N2O2/c1-22(14-24-13-21(23)26-22)19-5-3-4-16(11-19)17-7-6-15-8-9-20(25-2)12-18(15)10-17/h3-12,21,24H,13-14,23H2,1-2H3. The van der Waals surface area contributed by atoms with Crippen molar-refractivity contribution in [2.45, 2.75) is 18.8 Å². The molecule has 1 saturated heterocycles. The van der Waals surface area contributed by atoms with E-state index in [4.69, 9.17) is 15.2 Å². The molecular weight excluding hydrogens is 324 g/mol. The Kier molecular flexibility index (Phi) is 4.41. The lowest BCUT2D eigenvalue weighted by Crippen LogP contribution is -2.53. The molecule has 0 aromatic heterocycles. The minimum atomic E-state index is -0.423. The topological polar surface area (TPSA) is 56.5 Å². The summed E-state index contributed by atoms with van der Waals surface area (Å²) in [4.78, 5) is 0. The molecule has 0 aliphatic carbocycles. The molecule has 26 heavy (non-hydrogen) atoms. The largest absolute Gasteiger partial charge is 0.497 e. The molecular formula is C22H24N2O2. The van der Waals surface area contributed by atoms with Gasteiger partial charge in [0.25, 0.3) is 0 Å². The Balaban J connectivity index is 1.73. The SMILES string of the molecule is COc1ccc2ccc(-c3cccc(C4(C)CNCC(N)O4)c3)cc2c1. The molecule has 134 valence electrons. The van der Waals surface area contributed by atoms with E-state index in [2.05, 4.69) is 66.8 Å². The van der Waals surface area contributed by atoms with Crippen molar-refractivity contribution in [1.29, 1.82) is 0 Å². The number of benzene rings is 3. The predicted molar refractivity (Wildman–Crippen MR) is 105 cm³/mol. The van der Waals surface area contributed by atoms with Crippen LogP contribution in [-0.4, -0.2) is 26.4 Å². The van der Waals surface area contributed by atoms with E-state index in [1.54, 1.807) is 7.11 Å². The Morgan fingerprint density at radius 1 is 1.04 bits per heavy atom. The molecule has 0 bridgehead atoms. The van der Waals surface area contributed by atoms with Gasteiger partial charge in [0, 0.05) is 13.1 Å². The first kappa shape index (κ1) is 17.0. The Labute approximate surface area is 153 Å². The zero-order valence-electron chi connectivity index (χ0n) is 15.2. The van der Waals surface area contributed by atoms with Crippen LogP contribution in [0, 0.1) is 0 Å². The van der Waals surface area contributed by atoms with Crippen LogP contribution in [0.4, 0.5) is 0 Å². The maximum atomic E-state index is 6.05. The van der Waals surface area contributed by atoms with Gasteiger partial charge in [0.2, 0.25) is 0 Å². The second-order valence-corrected chi connectivity index (χ2v) is 7.03. The van der Waals surface area contributed by atoms with Crippen LogP contribution < -0.4 is 15.8 Å². The molecule has 4 heteroatoms. The van der Waals surface area contributed by atoms with Gasteiger partial charge in [-0.1, -0.05) is 36.4 Å². The highest BCUT2D eigenvalue weighted by atomic mass is 16.5. The van der Waals surface area contributed by atoms with Crippen molar-refractivity contribution in [3.63, 3.8) is 0 Å². The average Bonchev–Trinajstić information content (AvgIpc) is 2.67. The van der Waals surface area contributed by atoms with Crippen LogP contribution in [-0.2, 0) is 10.3 Å². The summed E-state index contributed by atoms with van der Waals surface area (Å²) in [7, 11) is 1.69. The van der Waals surface area contributed by atoms with Gasteiger partial charge in [0.05, 0.1) is 7.11 Å². The molecule has 1 aliphatic heterocycles. The zero-order chi connectivity index (χ0) is 18.1. The minimum absolute atomic E-state index is 0.287. The normalized spacial score (nSPS) is 23.1. The fourth-order valence-corrected chi connectivity index (χ4v) is 3.60. The number of nitrogens with one attached hydrogen (secondary N) is 1. The number of nitrogens with two attached hydrogens (primary N) is 1. The Morgan fingerprint density at radius 3 is 2.65 bits per heavy atom. The summed E-state index contributed by atoms with van der Waals surface area (Å²) < 4.78 is 11.4. The lowest BCUT2D eigenvalue weighted by atomic mass is 9.91. The minimum Gasteiger partial charge on any atom is -0.497 e. The Bertz CT molecular complexity index is 940. The third-order valence-electron chi connectivity index (χ3n) is 5.07. The van der Waals surface area contributed by atoms with Crippen LogP contribution in [0.2, 0.25) is 0 Å². The molecule has 0 radical (unpaired) electrons. The maximum Gasteiger partial charge on any atom is 0.119 e. The van der Waals surface area contributed by atoms with E-state index in [1.165, 1.54) is 10.9 Å². The molecule has 3 aromatic rings. The van der Waals surface area contributed by atoms with Gasteiger partial charge < -0.3 is 20.5 Å². The van der Waals surface area contributed by atoms with Gasteiger partial charge in [-0.3, -0.25) is 0 Å². The van der Waals surface area contributed by atoms with E-state index >= 15 is 0 Å². The van der Waals surface area contributed by atoms with E-state index < -0.39 is 5.60 Å². The average molecular weight is 348 g/mol. The fraction of sp³-hybridized carbons (Fsp3) is 0.273. The fourth-order valence-electron chi connectivity index (χ4n) is 3.60. The molecule has 3 aromatic carbocycles. The molecule has 1 fully saturated rings. The van der Waals surface area contributed by atoms with E-state index in [1.807, 2.05) is 6.07 Å². The Morgan fingerprint density at radius 2 is 1.85 bits per heavy atom. The van der Waals surface area contributed by atoms with Crippen LogP contribution >= 0.6 is 0 Å². The first-order valence-electron chi connectivity index (χ1n) is 8.90. The maximum absolute atomic E-state index is 6.05. The third kappa shape index (κ3) is 3.19. The van der Waals surface area contributed by atoms with Gasteiger partial charge >= 0.3 is 0 Å². The molecule has 1 heterocycles. The molecule has 2 unspecified atom stereocenters. The van der Waals surface area contributed by atoms with Crippen LogP contribution in [0.1, 0.15) is 12.5 Å². The van der Waals surface area contributed by atoms with Gasteiger partial charge in [0.1, 0.15) is 17.6 Å². The van der Waals surface area contributed by atoms with Gasteiger partial charge in [-0.15, -0.1) is 0 Å². The van der Waals surface area contributed by atoms with E-state index in [-0.39, 0.29) is 6.23 Å². The van der Waals surface area contributed by atoms with Gasteiger partial charge in [-0.05, 0) is 58.7 Å². The van der Waals surface area contributed by atoms with Crippen molar-refractivity contribution in [3.8, 4) is 16.9 Å². The summed E-state index contributed by atoms with van der Waals surface area (Å²) >= 11 is 0. The van der Waals surface area contributed by atoms with Crippen molar-refractivity contribution in [2.75, 3.05) is 20.2 Å². The second kappa shape index (κ2) is 6.72. The first-order chi connectivity index (χ1) is 12.6. The summed E-state index contributed by atoms with van der Waals surface area (Å²) in [6, 6.07) is 21.1. The Hall–Kier alpha value is -2.40. The number of rotatable bonds is 3. The number of morpholine rings is 1. The monoisotopic (exact) mass is 348 g/mol. The molecule has 4 rings (SSSR count). The molecule has 0 amide bonds. The zero-order valence-corrected chi connectivity index (χ0v) is 15.2. The number of hydrogen-bond donors (Lipinski definition) is 2. The summed E-state index contributed by atoms with van der Waals surface area (Å²) in [5.74, 6) is 0.867. The molecule has 0 saturated carbocycles. The number of methoxy groups -OCH3 is 1. The van der Waals surface area contributed by atoms with Crippen LogP contribution in [0.15, 0.2) is 60.7 Å². The molecule has 4 nitrogen and oxygen atoms in total. The predicted octanol–water partition coefficient (Wildman–Crippen LogP) is 3.64. The lowest BCUT2D eigenvalue weighted by molar-refractivity contribution is -0.107. The number of ether oxygens (including phenoxy) is 2. The van der Waals surface area contributed by atoms with E-state index in [0.717, 1.165) is 28.8 Å². The van der Waals surface area contributed by atoms with Gasteiger partial charge in [-0.2, -0.15) is 0 Å². The second-order valence-electron chi connectivity index (χ2n) is 7.03. The summed E-state index contributed by atoms with van der Waals surface area (Å²) in [5.41, 5.74) is 9.03. The van der Waals surface area contributed by atoms with Gasteiger partial charge in [0.15, 0.2) is 0 Å². The number of fused-ring (bicyclic) bond motifs is 1. The van der Waals surface area contributed by atoms with E-state index in [0.29, 0.717) is 6.54 Å². The molecule has 3 N–H and O–H groups in total. The summed E-state index contributed by atoms with van der Waals surface area (Å²) in [6.45, 7) is 3.52. The quantitative estimate of drug-likeness (QED) is 0.759. The summed E-state index contributed by atoms with van der Waals surface area (Å²) in [5, 5.41) is 5.72. The highest BCUT2D eigenvalue weighted by Crippen LogP contribution is 2.32. The molecule has 2 atom stereocenters. The highest BCUT2D eigenvalue weighted by Gasteiger charge is 2.33. The molecule has 1 aliphatic rings. The smallest absolute Gasteiger partial charge is 0.119 e. The van der Waals surface area contributed by atoms with Crippen LogP contribution in [0.3, 0.4) is 0 Å². The van der Waals surface area contributed by atoms with Crippen LogP contribution in [0.5, 0.6) is 5.75 Å². The highest BCUT2D eigenvalue weighted by molar-refractivity contribution is 5.88. The van der Waals surface area contributed by atoms with Gasteiger partial charge in [-0.25, -0.2) is 0 Å². The van der Waals surface area contributed by atoms with Crippen molar-refractivity contribution < 1.29 is 9.47 Å². The summed E-state index contributed by atoms with van der Waals surface area (Å²) in [6.07, 6.45) is -0.287. The van der Waals surface area contributed by atoms with Crippen molar-refractivity contribution >= 4 is 10.8 Å².